The number of hydrogen-bond acceptors (Lipinski definition) is 1. The average Bonchev–Trinajstić information content (AvgIpc) is 1.82. The smallest absolute Gasteiger partial charge is 0.186 e. The van der Waals surface area contributed by atoms with Crippen molar-refractivity contribution >= 4 is 8.32 Å². The molecular weight excluding hydrogens is 178 g/mol. The Labute approximate surface area is 84.6 Å². The van der Waals surface area contributed by atoms with Crippen molar-refractivity contribution in [1.29, 1.82) is 0 Å². The minimum absolute atomic E-state index is 0.879. The Kier molecular flexibility index (Phi) is 5.18. The first kappa shape index (κ1) is 13.1. The third-order valence-electron chi connectivity index (χ3n) is 2.14. The summed E-state index contributed by atoms with van der Waals surface area (Å²) in [5.74, 6) is 0. The van der Waals surface area contributed by atoms with Gasteiger partial charge in [0.15, 0.2) is 8.32 Å². The van der Waals surface area contributed by atoms with Crippen molar-refractivity contribution in [3.63, 3.8) is 0 Å². The highest BCUT2D eigenvalue weighted by molar-refractivity contribution is 6.71. The van der Waals surface area contributed by atoms with Gasteiger partial charge in [-0.3, -0.25) is 0 Å². The molecule has 0 aliphatic heterocycles. The van der Waals surface area contributed by atoms with Crippen LogP contribution in [0.15, 0.2) is 0 Å². The van der Waals surface area contributed by atoms with Gasteiger partial charge in [0.1, 0.15) is 0 Å². The first-order chi connectivity index (χ1) is 5.77. The predicted molar refractivity (Wildman–Crippen MR) is 61.4 cm³/mol. The molecule has 0 amide bonds. The molecule has 0 saturated carbocycles. The molecule has 2 nitrogen and oxygen atoms in total. The molecule has 0 aromatic heterocycles. The molecule has 0 saturated heterocycles. The van der Waals surface area contributed by atoms with Crippen LogP contribution in [0.3, 0.4) is 0 Å². The van der Waals surface area contributed by atoms with Crippen LogP contribution < -0.4 is 0 Å². The maximum Gasteiger partial charge on any atom is 0.186 e. The molecule has 80 valence electrons. The van der Waals surface area contributed by atoms with Gasteiger partial charge in [0.2, 0.25) is 0 Å². The first-order valence-electron chi connectivity index (χ1n) is 5.21. The van der Waals surface area contributed by atoms with Crippen LogP contribution >= 0.6 is 0 Å². The summed E-state index contributed by atoms with van der Waals surface area (Å²) in [6, 6.07) is 1.29. The van der Waals surface area contributed by atoms with Crippen LogP contribution in [0, 0.1) is 0 Å². The molecule has 0 aromatic rings. The van der Waals surface area contributed by atoms with Crippen LogP contribution in [0.25, 0.3) is 0 Å². The predicted octanol–water partition coefficient (Wildman–Crippen LogP) is 2.32. The molecule has 13 heavy (non-hydrogen) atoms. The molecule has 0 N–H and O–H groups in total. The van der Waals surface area contributed by atoms with E-state index in [0.717, 1.165) is 11.1 Å². The molecule has 0 atom stereocenters. The molecule has 0 aliphatic rings. The molecule has 0 bridgehead atoms. The molecule has 0 fully saturated rings. The van der Waals surface area contributed by atoms with E-state index in [9.17, 15) is 0 Å². The van der Waals surface area contributed by atoms with Gasteiger partial charge in [0, 0.05) is 6.61 Å². The summed E-state index contributed by atoms with van der Waals surface area (Å²) >= 11 is 0. The van der Waals surface area contributed by atoms with Crippen LogP contribution in [-0.2, 0) is 4.43 Å². The molecule has 0 radical (unpaired) electrons. The zero-order chi connectivity index (χ0) is 10.5. The van der Waals surface area contributed by atoms with Crippen molar-refractivity contribution in [3.05, 3.63) is 0 Å². The molecule has 0 spiro atoms. The van der Waals surface area contributed by atoms with E-state index < -0.39 is 8.32 Å². The van der Waals surface area contributed by atoms with E-state index in [1.165, 1.54) is 19.0 Å². The van der Waals surface area contributed by atoms with Crippen LogP contribution in [0.4, 0.5) is 0 Å². The second-order valence-electron chi connectivity index (χ2n) is 5.31. The normalized spacial score (nSPS) is 13.4. The van der Waals surface area contributed by atoms with Gasteiger partial charge in [0.25, 0.3) is 0 Å². The number of rotatable bonds is 6. The zero-order valence-electron chi connectivity index (χ0n) is 10.2. The van der Waals surface area contributed by atoms with Crippen molar-refractivity contribution in [2.75, 3.05) is 34.3 Å². The van der Waals surface area contributed by atoms with E-state index in [2.05, 4.69) is 41.2 Å². The minimum atomic E-state index is -1.31. The fraction of sp³-hybridized carbons (Fsp3) is 1.00. The fourth-order valence-electron chi connectivity index (χ4n) is 1.44. The summed E-state index contributed by atoms with van der Waals surface area (Å²) in [5.41, 5.74) is 0. The van der Waals surface area contributed by atoms with Gasteiger partial charge in [-0.25, -0.2) is 0 Å². The molecule has 0 aliphatic carbocycles. The van der Waals surface area contributed by atoms with E-state index in [0.29, 0.717) is 0 Å². The summed E-state index contributed by atoms with van der Waals surface area (Å²) < 4.78 is 6.84. The maximum absolute atomic E-state index is 5.78. The molecule has 0 aromatic carbocycles. The summed E-state index contributed by atoms with van der Waals surface area (Å²) in [5, 5.41) is 0. The Morgan fingerprint density at radius 2 is 1.69 bits per heavy atom. The third kappa shape index (κ3) is 8.47. The highest BCUT2D eigenvalue weighted by Crippen LogP contribution is 2.14. The van der Waals surface area contributed by atoms with Gasteiger partial charge >= 0.3 is 0 Å². The summed E-state index contributed by atoms with van der Waals surface area (Å²) in [6.45, 7) is 8.85. The monoisotopic (exact) mass is 204 g/mol. The Hall–Kier alpha value is 0.137. The van der Waals surface area contributed by atoms with Gasteiger partial charge in [-0.05, 0) is 32.5 Å². The lowest BCUT2D eigenvalue weighted by Gasteiger charge is -2.27. The Balaban J connectivity index is 3.63. The van der Waals surface area contributed by atoms with E-state index >= 15 is 0 Å². The van der Waals surface area contributed by atoms with Gasteiger partial charge in [-0.1, -0.05) is 0 Å². The third-order valence-corrected chi connectivity index (χ3v) is 4.77. The highest BCUT2D eigenvalue weighted by atomic mass is 28.4. The first-order valence-corrected chi connectivity index (χ1v) is 8.33. The van der Waals surface area contributed by atoms with E-state index in [-0.39, 0.29) is 0 Å². The fourth-order valence-corrected chi connectivity index (χ4v) is 3.38. The molecular formula is C10H26NOSi+. The van der Waals surface area contributed by atoms with Crippen LogP contribution in [0.1, 0.15) is 13.3 Å². The quantitative estimate of drug-likeness (QED) is 0.477. The van der Waals surface area contributed by atoms with Crippen molar-refractivity contribution in [2.45, 2.75) is 32.5 Å². The average molecular weight is 204 g/mol. The number of quaternary nitrogens is 1. The lowest BCUT2D eigenvalue weighted by Crippen LogP contribution is -2.37. The van der Waals surface area contributed by atoms with Crippen molar-refractivity contribution in [3.8, 4) is 0 Å². The van der Waals surface area contributed by atoms with E-state index in [4.69, 9.17) is 4.43 Å². The summed E-state index contributed by atoms with van der Waals surface area (Å²) in [4.78, 5) is 0. The van der Waals surface area contributed by atoms with Crippen LogP contribution in [-0.4, -0.2) is 47.1 Å². The molecule has 0 unspecified atom stereocenters. The summed E-state index contributed by atoms with van der Waals surface area (Å²) in [6.07, 6.45) is 1.29. The largest absolute Gasteiger partial charge is 0.418 e. The Morgan fingerprint density at radius 1 is 1.15 bits per heavy atom. The molecule has 0 heterocycles. The van der Waals surface area contributed by atoms with E-state index in [1.807, 2.05) is 0 Å². The second-order valence-corrected chi connectivity index (χ2v) is 9.62. The van der Waals surface area contributed by atoms with Crippen molar-refractivity contribution < 1.29 is 8.91 Å². The number of nitrogens with zero attached hydrogens (tertiary/aromatic N) is 1. The zero-order valence-corrected chi connectivity index (χ0v) is 11.2. The van der Waals surface area contributed by atoms with Crippen LogP contribution in [0.5, 0.6) is 0 Å². The van der Waals surface area contributed by atoms with Gasteiger partial charge < -0.3 is 8.91 Å². The van der Waals surface area contributed by atoms with Crippen molar-refractivity contribution in [1.82, 2.24) is 0 Å². The topological polar surface area (TPSA) is 9.23 Å². The van der Waals surface area contributed by atoms with Crippen LogP contribution in [0.2, 0.25) is 19.1 Å². The lowest BCUT2D eigenvalue weighted by atomic mass is 10.4. The Bertz CT molecular complexity index is 140. The standard InChI is InChI=1S/C10H26NOSi/c1-7-12-13(5,6)10-8-9-11(2,3)4/h7-10H2,1-6H3/q+1. The van der Waals surface area contributed by atoms with Gasteiger partial charge in [0.05, 0.1) is 27.7 Å². The van der Waals surface area contributed by atoms with Gasteiger partial charge in [-0.15, -0.1) is 0 Å². The number of hydrogen-bond donors (Lipinski definition) is 0. The maximum atomic E-state index is 5.78. The van der Waals surface area contributed by atoms with E-state index in [1.54, 1.807) is 0 Å². The highest BCUT2D eigenvalue weighted by Gasteiger charge is 2.22. The van der Waals surface area contributed by atoms with Gasteiger partial charge in [-0.2, -0.15) is 0 Å². The molecule has 3 heteroatoms. The second kappa shape index (κ2) is 5.13. The summed E-state index contributed by atoms with van der Waals surface area (Å²) in [7, 11) is 5.42. The molecule has 0 rings (SSSR count). The SMILES string of the molecule is CCO[Si](C)(C)CCC[N+](C)(C)C. The minimum Gasteiger partial charge on any atom is -0.418 e. The van der Waals surface area contributed by atoms with Crippen molar-refractivity contribution in [2.24, 2.45) is 0 Å². The Morgan fingerprint density at radius 3 is 2.08 bits per heavy atom. The lowest BCUT2D eigenvalue weighted by molar-refractivity contribution is -0.870.